The highest BCUT2D eigenvalue weighted by Gasteiger charge is 2.16. The Bertz CT molecular complexity index is 635. The van der Waals surface area contributed by atoms with Crippen LogP contribution in [0.25, 0.3) is 0 Å². The van der Waals surface area contributed by atoms with E-state index in [1.165, 1.54) is 6.07 Å². The summed E-state index contributed by atoms with van der Waals surface area (Å²) in [5.74, 6) is 0.0459. The molecular formula is C17H19NO2. The first-order valence-corrected chi connectivity index (χ1v) is 6.71. The number of rotatable bonds is 3. The van der Waals surface area contributed by atoms with Gasteiger partial charge in [-0.1, -0.05) is 18.2 Å². The maximum atomic E-state index is 12.6. The molecule has 1 amide bonds. The first-order valence-electron chi connectivity index (χ1n) is 6.71. The number of phenolic OH excluding ortho intramolecular Hbond substituents is 1. The maximum Gasteiger partial charge on any atom is 0.258 e. The monoisotopic (exact) mass is 269 g/mol. The second kappa shape index (κ2) is 5.78. The van der Waals surface area contributed by atoms with Gasteiger partial charge in [0.15, 0.2) is 0 Å². The van der Waals surface area contributed by atoms with Crippen LogP contribution in [0.15, 0.2) is 42.5 Å². The molecule has 0 unspecified atom stereocenters. The quantitative estimate of drug-likeness (QED) is 0.923. The number of carbonyl (C=O) groups excluding carboxylic acids is 1. The predicted octanol–water partition coefficient (Wildman–Crippen LogP) is 3.68. The van der Waals surface area contributed by atoms with Crippen molar-refractivity contribution in [2.45, 2.75) is 20.8 Å². The van der Waals surface area contributed by atoms with E-state index in [1.54, 1.807) is 17.0 Å². The van der Waals surface area contributed by atoms with Crippen LogP contribution in [0.3, 0.4) is 0 Å². The molecule has 104 valence electrons. The van der Waals surface area contributed by atoms with E-state index in [0.717, 1.165) is 16.8 Å². The van der Waals surface area contributed by atoms with Crippen molar-refractivity contribution in [1.82, 2.24) is 0 Å². The lowest BCUT2D eigenvalue weighted by Gasteiger charge is -2.21. The number of phenols is 1. The van der Waals surface area contributed by atoms with Crippen LogP contribution < -0.4 is 4.90 Å². The second-order valence-corrected chi connectivity index (χ2v) is 4.89. The summed E-state index contributed by atoms with van der Waals surface area (Å²) in [7, 11) is 0. The number of benzene rings is 2. The number of nitrogens with zero attached hydrogens (tertiary/aromatic N) is 1. The lowest BCUT2D eigenvalue weighted by atomic mass is 10.1. The first kappa shape index (κ1) is 14.1. The van der Waals surface area contributed by atoms with Gasteiger partial charge in [0.2, 0.25) is 0 Å². The van der Waals surface area contributed by atoms with Crippen LogP contribution in [0.2, 0.25) is 0 Å². The smallest absolute Gasteiger partial charge is 0.258 e. The molecule has 3 heteroatoms. The zero-order chi connectivity index (χ0) is 14.7. The predicted molar refractivity (Wildman–Crippen MR) is 81.4 cm³/mol. The largest absolute Gasteiger partial charge is 0.508 e. The molecule has 0 aliphatic heterocycles. The molecule has 0 radical (unpaired) electrons. The van der Waals surface area contributed by atoms with Gasteiger partial charge in [0.25, 0.3) is 5.91 Å². The van der Waals surface area contributed by atoms with Crippen LogP contribution in [0, 0.1) is 13.8 Å². The summed E-state index contributed by atoms with van der Waals surface area (Å²) < 4.78 is 0. The highest BCUT2D eigenvalue weighted by atomic mass is 16.3. The molecule has 2 aromatic rings. The van der Waals surface area contributed by atoms with E-state index in [0.29, 0.717) is 12.1 Å². The van der Waals surface area contributed by atoms with Crippen molar-refractivity contribution in [1.29, 1.82) is 0 Å². The summed E-state index contributed by atoms with van der Waals surface area (Å²) in [5, 5.41) is 9.75. The van der Waals surface area contributed by atoms with Crippen molar-refractivity contribution >= 4 is 11.6 Å². The van der Waals surface area contributed by atoms with Gasteiger partial charge in [-0.15, -0.1) is 0 Å². The molecule has 0 bridgehead atoms. The zero-order valence-electron chi connectivity index (χ0n) is 12.1. The molecule has 20 heavy (non-hydrogen) atoms. The Balaban J connectivity index is 2.36. The van der Waals surface area contributed by atoms with Crippen LogP contribution in [0.5, 0.6) is 5.75 Å². The van der Waals surface area contributed by atoms with Gasteiger partial charge in [0, 0.05) is 17.8 Å². The van der Waals surface area contributed by atoms with Crippen molar-refractivity contribution < 1.29 is 9.90 Å². The lowest BCUT2D eigenvalue weighted by Crippen LogP contribution is -2.30. The molecule has 0 atom stereocenters. The molecule has 1 N–H and O–H groups in total. The number of hydrogen-bond donors (Lipinski definition) is 1. The number of aromatic hydroxyl groups is 1. The van der Waals surface area contributed by atoms with Gasteiger partial charge in [-0.3, -0.25) is 4.79 Å². The van der Waals surface area contributed by atoms with Crippen molar-refractivity contribution in [3.8, 4) is 5.75 Å². The van der Waals surface area contributed by atoms with Crippen molar-refractivity contribution in [3.63, 3.8) is 0 Å². The molecule has 0 saturated heterocycles. The van der Waals surface area contributed by atoms with E-state index in [-0.39, 0.29) is 11.7 Å². The molecule has 0 aliphatic carbocycles. The molecule has 0 heterocycles. The summed E-state index contributed by atoms with van der Waals surface area (Å²) in [4.78, 5) is 14.3. The van der Waals surface area contributed by atoms with Gasteiger partial charge in [-0.2, -0.15) is 0 Å². The van der Waals surface area contributed by atoms with Crippen molar-refractivity contribution in [3.05, 3.63) is 59.2 Å². The van der Waals surface area contributed by atoms with E-state index < -0.39 is 0 Å². The molecule has 0 saturated carbocycles. The molecule has 0 fully saturated rings. The van der Waals surface area contributed by atoms with Crippen LogP contribution in [0.4, 0.5) is 5.69 Å². The Labute approximate surface area is 119 Å². The van der Waals surface area contributed by atoms with E-state index in [2.05, 4.69) is 0 Å². The third-order valence-corrected chi connectivity index (χ3v) is 3.33. The fourth-order valence-electron chi connectivity index (χ4n) is 2.14. The Morgan fingerprint density at radius 1 is 1.15 bits per heavy atom. The summed E-state index contributed by atoms with van der Waals surface area (Å²) in [6.07, 6.45) is 0. The first-order chi connectivity index (χ1) is 9.52. The summed E-state index contributed by atoms with van der Waals surface area (Å²) in [6.45, 7) is 6.33. The minimum absolute atomic E-state index is 0.103. The van der Waals surface area contributed by atoms with Gasteiger partial charge in [0.1, 0.15) is 5.75 Å². The standard InChI is InChI=1S/C17H19NO2/c1-4-18(15-7-5-6-12(2)10-15)17(20)14-9-8-13(3)16(19)11-14/h5-11,19H,4H2,1-3H3. The molecular weight excluding hydrogens is 250 g/mol. The number of aryl methyl sites for hydroxylation is 2. The third-order valence-electron chi connectivity index (χ3n) is 3.33. The molecule has 2 aromatic carbocycles. The SMILES string of the molecule is CCN(C(=O)c1ccc(C)c(O)c1)c1cccc(C)c1. The normalized spacial score (nSPS) is 10.3. The van der Waals surface area contributed by atoms with E-state index >= 15 is 0 Å². The highest BCUT2D eigenvalue weighted by molar-refractivity contribution is 6.06. The third kappa shape index (κ3) is 2.82. The number of anilines is 1. The highest BCUT2D eigenvalue weighted by Crippen LogP contribution is 2.22. The van der Waals surface area contributed by atoms with Crippen molar-refractivity contribution in [2.24, 2.45) is 0 Å². The number of carbonyl (C=O) groups is 1. The maximum absolute atomic E-state index is 12.6. The number of amides is 1. The zero-order valence-corrected chi connectivity index (χ0v) is 12.1. The average molecular weight is 269 g/mol. The fraction of sp³-hybridized carbons (Fsp3) is 0.235. The minimum atomic E-state index is -0.103. The Kier molecular flexibility index (Phi) is 4.08. The van der Waals surface area contributed by atoms with Gasteiger partial charge in [0.05, 0.1) is 0 Å². The Morgan fingerprint density at radius 3 is 2.50 bits per heavy atom. The number of hydrogen-bond acceptors (Lipinski definition) is 2. The van der Waals surface area contributed by atoms with Gasteiger partial charge < -0.3 is 10.0 Å². The topological polar surface area (TPSA) is 40.5 Å². The second-order valence-electron chi connectivity index (χ2n) is 4.89. The molecule has 0 aromatic heterocycles. The lowest BCUT2D eigenvalue weighted by molar-refractivity contribution is 0.0988. The summed E-state index contributed by atoms with van der Waals surface area (Å²) in [5.41, 5.74) is 3.25. The average Bonchev–Trinajstić information content (AvgIpc) is 2.42. The van der Waals surface area contributed by atoms with Gasteiger partial charge >= 0.3 is 0 Å². The van der Waals surface area contributed by atoms with E-state index in [1.807, 2.05) is 45.0 Å². The molecule has 0 aliphatic rings. The molecule has 0 spiro atoms. The summed E-state index contributed by atoms with van der Waals surface area (Å²) in [6, 6.07) is 12.9. The van der Waals surface area contributed by atoms with Crippen LogP contribution >= 0.6 is 0 Å². The van der Waals surface area contributed by atoms with Crippen LogP contribution in [0.1, 0.15) is 28.4 Å². The van der Waals surface area contributed by atoms with E-state index in [9.17, 15) is 9.90 Å². The molecule has 2 rings (SSSR count). The Hall–Kier alpha value is -2.29. The van der Waals surface area contributed by atoms with Gasteiger partial charge in [-0.05, 0) is 56.2 Å². The van der Waals surface area contributed by atoms with Crippen LogP contribution in [-0.2, 0) is 0 Å². The van der Waals surface area contributed by atoms with Crippen LogP contribution in [-0.4, -0.2) is 17.6 Å². The fourth-order valence-corrected chi connectivity index (χ4v) is 2.14. The summed E-state index contributed by atoms with van der Waals surface area (Å²) >= 11 is 0. The van der Waals surface area contributed by atoms with E-state index in [4.69, 9.17) is 0 Å². The minimum Gasteiger partial charge on any atom is -0.508 e. The van der Waals surface area contributed by atoms with Gasteiger partial charge in [-0.25, -0.2) is 0 Å². The molecule has 3 nitrogen and oxygen atoms in total. The Morgan fingerprint density at radius 2 is 1.90 bits per heavy atom. The van der Waals surface area contributed by atoms with Crippen molar-refractivity contribution in [2.75, 3.05) is 11.4 Å².